The van der Waals surface area contributed by atoms with Gasteiger partial charge in [0.15, 0.2) is 11.5 Å². The Balaban J connectivity index is 1.30. The summed E-state index contributed by atoms with van der Waals surface area (Å²) in [4.78, 5) is 0. The lowest BCUT2D eigenvalue weighted by atomic mass is 10.3. The fourth-order valence-corrected chi connectivity index (χ4v) is 2.72. The van der Waals surface area contributed by atoms with Gasteiger partial charge in [0.05, 0.1) is 26.4 Å². The van der Waals surface area contributed by atoms with Crippen LogP contribution in [0, 0.1) is 0 Å². The van der Waals surface area contributed by atoms with Gasteiger partial charge in [-0.25, -0.2) is 0 Å². The summed E-state index contributed by atoms with van der Waals surface area (Å²) in [6, 6.07) is 7.75. The van der Waals surface area contributed by atoms with Gasteiger partial charge in [-0.2, -0.15) is 23.5 Å². The van der Waals surface area contributed by atoms with Crippen LogP contribution < -0.4 is 9.47 Å². The first-order chi connectivity index (χ1) is 10.9. The molecule has 0 aromatic heterocycles. The number of rotatable bonds is 12. The quantitative estimate of drug-likeness (QED) is 0.429. The second-order valence-electron chi connectivity index (χ2n) is 5.20. The van der Waals surface area contributed by atoms with E-state index in [2.05, 4.69) is 0 Å². The first kappa shape index (κ1) is 16.3. The fraction of sp³-hybridized carbons (Fsp3) is 0.625. The first-order valence-corrected chi connectivity index (χ1v) is 9.75. The molecule has 4 nitrogen and oxygen atoms in total. The highest BCUT2D eigenvalue weighted by Crippen LogP contribution is 2.30. The summed E-state index contributed by atoms with van der Waals surface area (Å²) in [6.07, 6.45) is 0. The van der Waals surface area contributed by atoms with E-state index >= 15 is 0 Å². The van der Waals surface area contributed by atoms with Crippen LogP contribution in [0.4, 0.5) is 0 Å². The molecule has 2 atom stereocenters. The van der Waals surface area contributed by atoms with Crippen LogP contribution in [0.1, 0.15) is 0 Å². The Morgan fingerprint density at radius 2 is 1.23 bits per heavy atom. The summed E-state index contributed by atoms with van der Waals surface area (Å²) in [7, 11) is 0. The van der Waals surface area contributed by atoms with Crippen LogP contribution in [0.2, 0.25) is 0 Å². The Labute approximate surface area is 140 Å². The molecule has 0 N–H and O–H groups in total. The van der Waals surface area contributed by atoms with E-state index in [9.17, 15) is 0 Å². The maximum absolute atomic E-state index is 5.74. The zero-order chi connectivity index (χ0) is 15.0. The lowest BCUT2D eigenvalue weighted by Gasteiger charge is -2.12. The van der Waals surface area contributed by atoms with E-state index < -0.39 is 0 Å². The van der Waals surface area contributed by atoms with Crippen LogP contribution in [0.3, 0.4) is 0 Å². The molecule has 2 unspecified atom stereocenters. The van der Waals surface area contributed by atoms with E-state index in [4.69, 9.17) is 18.9 Å². The predicted molar refractivity (Wildman–Crippen MR) is 91.6 cm³/mol. The smallest absolute Gasteiger partial charge is 0.161 e. The monoisotopic (exact) mass is 342 g/mol. The van der Waals surface area contributed by atoms with Crippen LogP contribution in [-0.4, -0.2) is 61.6 Å². The van der Waals surface area contributed by atoms with Gasteiger partial charge >= 0.3 is 0 Å². The van der Waals surface area contributed by atoms with Crippen molar-refractivity contribution in [2.45, 2.75) is 10.5 Å². The number of para-hydroxylation sites is 2. The molecule has 2 aliphatic heterocycles. The maximum atomic E-state index is 5.74. The van der Waals surface area contributed by atoms with Crippen molar-refractivity contribution >= 4 is 23.5 Å². The molecular formula is C16H22O4S2. The zero-order valence-corrected chi connectivity index (χ0v) is 14.2. The average molecular weight is 342 g/mol. The summed E-state index contributed by atoms with van der Waals surface area (Å²) in [5.74, 6) is 4.01. The third kappa shape index (κ3) is 6.28. The molecule has 1 aromatic carbocycles. The van der Waals surface area contributed by atoms with Gasteiger partial charge in [-0.05, 0) is 12.1 Å². The average Bonchev–Trinajstić information content (AvgIpc) is 3.43. The molecule has 0 bridgehead atoms. The van der Waals surface area contributed by atoms with E-state index in [0.717, 1.165) is 24.7 Å². The van der Waals surface area contributed by atoms with Crippen molar-refractivity contribution in [1.29, 1.82) is 0 Å². The van der Waals surface area contributed by atoms with Crippen molar-refractivity contribution in [1.82, 2.24) is 0 Å². The summed E-state index contributed by atoms with van der Waals surface area (Å²) in [5.41, 5.74) is 0. The largest absolute Gasteiger partial charge is 0.487 e. The molecule has 2 saturated heterocycles. The predicted octanol–water partition coefficient (Wildman–Crippen LogP) is 2.71. The van der Waals surface area contributed by atoms with Crippen LogP contribution in [0.5, 0.6) is 11.5 Å². The van der Waals surface area contributed by atoms with Crippen LogP contribution in [0.25, 0.3) is 0 Å². The summed E-state index contributed by atoms with van der Waals surface area (Å²) in [5, 5.41) is 1.43. The molecule has 0 saturated carbocycles. The number of hydrogen-bond acceptors (Lipinski definition) is 6. The number of thioether (sulfide) groups is 2. The second-order valence-corrected chi connectivity index (χ2v) is 7.87. The van der Waals surface area contributed by atoms with E-state index in [1.165, 1.54) is 11.5 Å². The van der Waals surface area contributed by atoms with Crippen LogP contribution in [-0.2, 0) is 9.47 Å². The van der Waals surface area contributed by atoms with Gasteiger partial charge in [0.2, 0.25) is 0 Å². The third-order valence-corrected chi connectivity index (χ3v) is 5.11. The van der Waals surface area contributed by atoms with Crippen LogP contribution >= 0.6 is 23.5 Å². The van der Waals surface area contributed by atoms with Crippen molar-refractivity contribution in [2.24, 2.45) is 0 Å². The standard InChI is InChI=1S/C16H22O4S2/c1-2-4-16(20-8-6-18-10-14-12-22-14)15(3-1)19-7-5-17-9-13-11-21-13/h1-4,13-14H,5-12H2. The highest BCUT2D eigenvalue weighted by Gasteiger charge is 2.22. The lowest BCUT2D eigenvalue weighted by Crippen LogP contribution is -2.12. The molecule has 3 rings (SSSR count). The molecule has 6 heteroatoms. The van der Waals surface area contributed by atoms with E-state index in [1.807, 2.05) is 47.8 Å². The Bertz CT molecular complexity index is 409. The summed E-state index contributed by atoms with van der Waals surface area (Å²) in [6.45, 7) is 4.01. The number of hydrogen-bond donors (Lipinski definition) is 0. The molecule has 2 aliphatic rings. The van der Waals surface area contributed by atoms with E-state index in [-0.39, 0.29) is 0 Å². The van der Waals surface area contributed by atoms with Crippen molar-refractivity contribution in [3.8, 4) is 11.5 Å². The highest BCUT2D eigenvalue weighted by molar-refractivity contribution is 8.07. The first-order valence-electron chi connectivity index (χ1n) is 7.65. The molecule has 1 aromatic rings. The molecule has 0 radical (unpaired) electrons. The van der Waals surface area contributed by atoms with Gasteiger partial charge in [-0.15, -0.1) is 0 Å². The maximum Gasteiger partial charge on any atom is 0.161 e. The number of benzene rings is 1. The van der Waals surface area contributed by atoms with E-state index in [0.29, 0.717) is 36.9 Å². The van der Waals surface area contributed by atoms with Gasteiger partial charge in [0.25, 0.3) is 0 Å². The molecule has 22 heavy (non-hydrogen) atoms. The zero-order valence-electron chi connectivity index (χ0n) is 12.6. The fourth-order valence-electron chi connectivity index (χ4n) is 1.87. The SMILES string of the molecule is c1ccc(OCCOCC2CS2)c(OCCOCC2CS2)c1. The minimum atomic E-state index is 0.549. The highest BCUT2D eigenvalue weighted by atomic mass is 32.2. The summed E-state index contributed by atoms with van der Waals surface area (Å²) >= 11 is 3.89. The molecule has 2 heterocycles. The summed E-state index contributed by atoms with van der Waals surface area (Å²) < 4.78 is 22.6. The Morgan fingerprint density at radius 1 is 0.773 bits per heavy atom. The van der Waals surface area contributed by atoms with Crippen molar-refractivity contribution in [3.63, 3.8) is 0 Å². The molecular weight excluding hydrogens is 320 g/mol. The normalized spacial score (nSPS) is 22.4. The van der Waals surface area contributed by atoms with Gasteiger partial charge in [0, 0.05) is 22.0 Å². The lowest BCUT2D eigenvalue weighted by molar-refractivity contribution is 0.0963. The van der Waals surface area contributed by atoms with Gasteiger partial charge in [-0.3, -0.25) is 0 Å². The molecule has 2 fully saturated rings. The molecule has 0 spiro atoms. The molecule has 0 amide bonds. The molecule has 0 aliphatic carbocycles. The molecule has 122 valence electrons. The Hall–Kier alpha value is -0.560. The topological polar surface area (TPSA) is 36.9 Å². The van der Waals surface area contributed by atoms with Crippen molar-refractivity contribution in [2.75, 3.05) is 51.1 Å². The van der Waals surface area contributed by atoms with Crippen LogP contribution in [0.15, 0.2) is 24.3 Å². The second kappa shape index (κ2) is 8.91. The Kier molecular flexibility index (Phi) is 6.60. The van der Waals surface area contributed by atoms with E-state index in [1.54, 1.807) is 0 Å². The van der Waals surface area contributed by atoms with Crippen molar-refractivity contribution < 1.29 is 18.9 Å². The number of ether oxygens (including phenoxy) is 4. The minimum Gasteiger partial charge on any atom is -0.487 e. The van der Waals surface area contributed by atoms with Gasteiger partial charge < -0.3 is 18.9 Å². The van der Waals surface area contributed by atoms with Gasteiger partial charge in [0.1, 0.15) is 13.2 Å². The third-order valence-electron chi connectivity index (χ3n) is 3.23. The minimum absolute atomic E-state index is 0.549. The van der Waals surface area contributed by atoms with Crippen molar-refractivity contribution in [3.05, 3.63) is 24.3 Å². The Morgan fingerprint density at radius 3 is 1.64 bits per heavy atom. The van der Waals surface area contributed by atoms with Gasteiger partial charge in [-0.1, -0.05) is 12.1 Å².